The number of hydrogen-bond acceptors (Lipinski definition) is 3. The van der Waals surface area contributed by atoms with E-state index in [4.69, 9.17) is 0 Å². The van der Waals surface area contributed by atoms with Crippen LogP contribution in [-0.4, -0.2) is 11.5 Å². The first kappa shape index (κ1) is 11.7. The molecule has 0 aromatic heterocycles. The maximum Gasteiger partial charge on any atom is 0.269 e. The summed E-state index contributed by atoms with van der Waals surface area (Å²) >= 11 is 0. The molecule has 0 fully saturated rings. The van der Waals surface area contributed by atoms with Crippen molar-refractivity contribution in [3.8, 4) is 0 Å². The highest BCUT2D eigenvalue weighted by atomic mass is 16.6. The normalized spacial score (nSPS) is 12.4. The molecule has 0 unspecified atom stereocenters. The minimum absolute atomic E-state index is 0.151. The fourth-order valence-corrected chi connectivity index (χ4v) is 1.39. The molecule has 1 N–H and O–H groups in total. The summed E-state index contributed by atoms with van der Waals surface area (Å²) < 4.78 is 0. The van der Waals surface area contributed by atoms with E-state index in [0.717, 1.165) is 18.5 Å². The quantitative estimate of drug-likeness (QED) is 0.597. The van der Waals surface area contributed by atoms with Gasteiger partial charge in [-0.15, -0.1) is 0 Å². The Morgan fingerprint density at radius 2 is 2.27 bits per heavy atom. The predicted octanol–water partition coefficient (Wildman–Crippen LogP) is 2.66. The summed E-state index contributed by atoms with van der Waals surface area (Å²) in [6.07, 6.45) is 1.05. The molecule has 1 atom stereocenters. The average Bonchev–Trinajstić information content (AvgIpc) is 2.26. The van der Waals surface area contributed by atoms with E-state index < -0.39 is 0 Å². The number of hydrogen-bond donors (Lipinski definition) is 1. The van der Waals surface area contributed by atoms with Gasteiger partial charge in [0.05, 0.1) is 4.92 Å². The molecule has 0 saturated heterocycles. The molecule has 0 aliphatic carbocycles. The van der Waals surface area contributed by atoms with Crippen molar-refractivity contribution in [1.29, 1.82) is 0 Å². The van der Waals surface area contributed by atoms with Gasteiger partial charge in [-0.2, -0.15) is 0 Å². The van der Waals surface area contributed by atoms with E-state index in [2.05, 4.69) is 12.2 Å². The molecule has 15 heavy (non-hydrogen) atoms. The van der Waals surface area contributed by atoms with Crippen molar-refractivity contribution < 1.29 is 4.92 Å². The van der Waals surface area contributed by atoms with Crippen LogP contribution in [0.3, 0.4) is 0 Å². The van der Waals surface area contributed by atoms with Crippen molar-refractivity contribution >= 4 is 5.69 Å². The Balaban J connectivity index is 2.76. The van der Waals surface area contributed by atoms with Crippen molar-refractivity contribution in [2.75, 3.05) is 6.54 Å². The number of non-ortho nitro benzene ring substituents is 1. The number of benzene rings is 1. The van der Waals surface area contributed by atoms with Crippen LogP contribution in [0.4, 0.5) is 5.69 Å². The Kier molecular flexibility index (Phi) is 4.24. The Hall–Kier alpha value is -1.42. The third kappa shape index (κ3) is 3.32. The minimum Gasteiger partial charge on any atom is -0.310 e. The Morgan fingerprint density at radius 1 is 1.53 bits per heavy atom. The summed E-state index contributed by atoms with van der Waals surface area (Å²) in [5.41, 5.74) is 1.11. The lowest BCUT2D eigenvalue weighted by Gasteiger charge is -2.12. The summed E-state index contributed by atoms with van der Waals surface area (Å²) in [5, 5.41) is 13.9. The van der Waals surface area contributed by atoms with E-state index in [9.17, 15) is 10.1 Å². The van der Waals surface area contributed by atoms with Crippen molar-refractivity contribution in [3.63, 3.8) is 0 Å². The minimum atomic E-state index is -0.365. The zero-order valence-electron chi connectivity index (χ0n) is 9.06. The van der Waals surface area contributed by atoms with Gasteiger partial charge in [0.15, 0.2) is 0 Å². The lowest BCUT2D eigenvalue weighted by Crippen LogP contribution is -2.19. The number of nitrogens with zero attached hydrogens (tertiary/aromatic N) is 1. The van der Waals surface area contributed by atoms with Crippen LogP contribution in [0.2, 0.25) is 0 Å². The van der Waals surface area contributed by atoms with Gasteiger partial charge < -0.3 is 5.32 Å². The van der Waals surface area contributed by atoms with Crippen LogP contribution in [0.25, 0.3) is 0 Å². The largest absolute Gasteiger partial charge is 0.310 e. The summed E-state index contributed by atoms with van der Waals surface area (Å²) in [7, 11) is 0. The lowest BCUT2D eigenvalue weighted by molar-refractivity contribution is -0.384. The SMILES string of the molecule is CCCN[C@H](C)c1cccc([N+](=O)[O-])c1. The van der Waals surface area contributed by atoms with Crippen LogP contribution < -0.4 is 5.32 Å². The smallest absolute Gasteiger partial charge is 0.269 e. The molecule has 1 rings (SSSR count). The van der Waals surface area contributed by atoms with Crippen molar-refractivity contribution in [1.82, 2.24) is 5.32 Å². The Morgan fingerprint density at radius 3 is 2.87 bits per heavy atom. The first-order valence-corrected chi connectivity index (χ1v) is 5.13. The molecule has 4 nitrogen and oxygen atoms in total. The van der Waals surface area contributed by atoms with Crippen LogP contribution in [0, 0.1) is 10.1 Å². The Labute approximate surface area is 89.5 Å². The fourth-order valence-electron chi connectivity index (χ4n) is 1.39. The number of nitrogens with one attached hydrogen (secondary N) is 1. The topological polar surface area (TPSA) is 55.2 Å². The molecule has 0 radical (unpaired) electrons. The zero-order chi connectivity index (χ0) is 11.3. The molecule has 0 amide bonds. The summed E-state index contributed by atoms with van der Waals surface area (Å²) in [6.45, 7) is 5.02. The Bertz CT molecular complexity index is 339. The maximum absolute atomic E-state index is 10.6. The van der Waals surface area contributed by atoms with Crippen LogP contribution >= 0.6 is 0 Å². The molecule has 0 saturated carbocycles. The van der Waals surface area contributed by atoms with Crippen molar-refractivity contribution in [2.45, 2.75) is 26.3 Å². The molecule has 0 bridgehead atoms. The standard InChI is InChI=1S/C11H16N2O2/c1-3-7-12-9(2)10-5-4-6-11(8-10)13(14)15/h4-6,8-9,12H,3,7H2,1-2H3/t9-/m1/s1. The lowest BCUT2D eigenvalue weighted by atomic mass is 10.1. The summed E-state index contributed by atoms with van der Waals surface area (Å²) in [5.74, 6) is 0. The van der Waals surface area contributed by atoms with Gasteiger partial charge in [-0.05, 0) is 25.5 Å². The number of nitro groups is 1. The van der Waals surface area contributed by atoms with Crippen LogP contribution in [0.5, 0.6) is 0 Å². The highest BCUT2D eigenvalue weighted by Gasteiger charge is 2.09. The van der Waals surface area contributed by atoms with Gasteiger partial charge in [0.2, 0.25) is 0 Å². The highest BCUT2D eigenvalue weighted by Crippen LogP contribution is 2.18. The van der Waals surface area contributed by atoms with Crippen LogP contribution in [0.15, 0.2) is 24.3 Å². The van der Waals surface area contributed by atoms with Crippen molar-refractivity contribution in [3.05, 3.63) is 39.9 Å². The molecule has 82 valence electrons. The highest BCUT2D eigenvalue weighted by molar-refractivity contribution is 5.35. The molecular formula is C11H16N2O2. The maximum atomic E-state index is 10.6. The van der Waals surface area contributed by atoms with E-state index in [1.807, 2.05) is 13.0 Å². The predicted molar refractivity (Wildman–Crippen MR) is 59.8 cm³/mol. The number of rotatable bonds is 5. The second-order valence-corrected chi connectivity index (χ2v) is 3.53. The second-order valence-electron chi connectivity index (χ2n) is 3.53. The third-order valence-corrected chi connectivity index (χ3v) is 2.28. The van der Waals surface area contributed by atoms with E-state index in [1.165, 1.54) is 6.07 Å². The van der Waals surface area contributed by atoms with Crippen LogP contribution in [-0.2, 0) is 0 Å². The molecular weight excluding hydrogens is 192 g/mol. The van der Waals surface area contributed by atoms with Gasteiger partial charge in [0.25, 0.3) is 5.69 Å². The molecule has 0 spiro atoms. The molecule has 4 heteroatoms. The first-order chi connectivity index (χ1) is 7.15. The molecule has 1 aromatic rings. The van der Waals surface area contributed by atoms with Gasteiger partial charge in [-0.1, -0.05) is 19.1 Å². The van der Waals surface area contributed by atoms with Gasteiger partial charge in [-0.25, -0.2) is 0 Å². The summed E-state index contributed by atoms with van der Waals surface area (Å²) in [4.78, 5) is 10.2. The van der Waals surface area contributed by atoms with Crippen LogP contribution in [0.1, 0.15) is 31.9 Å². The van der Waals surface area contributed by atoms with E-state index >= 15 is 0 Å². The van der Waals surface area contributed by atoms with E-state index in [0.29, 0.717) is 0 Å². The monoisotopic (exact) mass is 208 g/mol. The number of nitro benzene ring substituents is 1. The molecule has 0 heterocycles. The van der Waals surface area contributed by atoms with Gasteiger partial charge in [-0.3, -0.25) is 10.1 Å². The van der Waals surface area contributed by atoms with Gasteiger partial charge in [0, 0.05) is 18.2 Å². The second kappa shape index (κ2) is 5.46. The first-order valence-electron chi connectivity index (χ1n) is 5.13. The van der Waals surface area contributed by atoms with Gasteiger partial charge >= 0.3 is 0 Å². The average molecular weight is 208 g/mol. The van der Waals surface area contributed by atoms with Gasteiger partial charge in [0.1, 0.15) is 0 Å². The van der Waals surface area contributed by atoms with E-state index in [1.54, 1.807) is 12.1 Å². The fraction of sp³-hybridized carbons (Fsp3) is 0.455. The molecule has 0 aliphatic heterocycles. The molecule has 0 aliphatic rings. The summed E-state index contributed by atoms with van der Waals surface area (Å²) in [6, 6.07) is 6.91. The van der Waals surface area contributed by atoms with E-state index in [-0.39, 0.29) is 16.7 Å². The third-order valence-electron chi connectivity index (χ3n) is 2.28. The molecule has 1 aromatic carbocycles. The zero-order valence-corrected chi connectivity index (χ0v) is 9.06. The van der Waals surface area contributed by atoms with Crippen molar-refractivity contribution in [2.24, 2.45) is 0 Å².